The van der Waals surface area contributed by atoms with Gasteiger partial charge in [-0.1, -0.05) is 0 Å². The van der Waals surface area contributed by atoms with Crippen LogP contribution in [-0.2, 0) is 0 Å². The van der Waals surface area contributed by atoms with Crippen molar-refractivity contribution in [1.29, 1.82) is 0 Å². The second-order valence-electron chi connectivity index (χ2n) is 4.50. The topological polar surface area (TPSA) is 94.6 Å². The second-order valence-corrected chi connectivity index (χ2v) is 4.50. The molecule has 7 heteroatoms. The molecule has 0 fully saturated rings. The molecular formula is C12H10N2O5. The molecule has 0 radical (unpaired) electrons. The van der Waals surface area contributed by atoms with Crippen LogP contribution in [-0.4, -0.2) is 21.2 Å². The maximum atomic E-state index is 12.0. The summed E-state index contributed by atoms with van der Waals surface area (Å²) >= 11 is 0. The van der Waals surface area contributed by atoms with Crippen LogP contribution in [0.4, 0.5) is 5.69 Å². The number of nitro benzene ring substituents is 1. The summed E-state index contributed by atoms with van der Waals surface area (Å²) in [5.41, 5.74) is -0.174. The van der Waals surface area contributed by atoms with E-state index in [0.717, 1.165) is 0 Å². The molecule has 0 bridgehead atoms. The number of benzene rings is 1. The second kappa shape index (κ2) is 3.71. The molecule has 7 nitrogen and oxygen atoms in total. The van der Waals surface area contributed by atoms with Gasteiger partial charge >= 0.3 is 0 Å². The van der Waals surface area contributed by atoms with Crippen LogP contribution >= 0.6 is 0 Å². The molecule has 2 aromatic rings. The van der Waals surface area contributed by atoms with Crippen molar-refractivity contribution in [2.45, 2.75) is 13.0 Å². The van der Waals surface area contributed by atoms with Gasteiger partial charge in [0.25, 0.3) is 11.2 Å². The molecule has 1 N–H and O–H groups in total. The first-order valence-corrected chi connectivity index (χ1v) is 5.68. The number of nitrogens with zero attached hydrogens (tertiary/aromatic N) is 2. The number of aromatic nitrogens is 1. The van der Waals surface area contributed by atoms with E-state index < -0.39 is 16.2 Å². The molecule has 1 aromatic carbocycles. The Morgan fingerprint density at radius 2 is 2.21 bits per heavy atom. The zero-order valence-electron chi connectivity index (χ0n) is 9.99. The van der Waals surface area contributed by atoms with E-state index in [2.05, 4.69) is 0 Å². The van der Waals surface area contributed by atoms with E-state index in [0.29, 0.717) is 16.7 Å². The molecular weight excluding hydrogens is 252 g/mol. The summed E-state index contributed by atoms with van der Waals surface area (Å²) in [5.74, 6) is -0.132. The smallest absolute Gasteiger partial charge is 0.293 e. The van der Waals surface area contributed by atoms with E-state index in [1.807, 2.05) is 0 Å². The molecule has 1 unspecified atom stereocenters. The van der Waals surface area contributed by atoms with E-state index in [1.165, 1.54) is 22.8 Å². The van der Waals surface area contributed by atoms with Crippen molar-refractivity contribution in [3.05, 3.63) is 38.7 Å². The Morgan fingerprint density at radius 1 is 1.47 bits per heavy atom. The number of ether oxygens (including phenoxy) is 1. The van der Waals surface area contributed by atoms with E-state index in [-0.39, 0.29) is 18.3 Å². The first-order valence-electron chi connectivity index (χ1n) is 5.68. The highest BCUT2D eigenvalue weighted by Gasteiger charge is 2.25. The third kappa shape index (κ3) is 1.55. The maximum absolute atomic E-state index is 12.0. The van der Waals surface area contributed by atoms with Crippen molar-refractivity contribution >= 4 is 16.6 Å². The average Bonchev–Trinajstić information content (AvgIpc) is 2.36. The lowest BCUT2D eigenvalue weighted by Gasteiger charge is -2.25. The number of hydrogen-bond acceptors (Lipinski definition) is 5. The molecule has 1 aliphatic rings. The predicted molar refractivity (Wildman–Crippen MR) is 66.7 cm³/mol. The molecule has 1 aromatic heterocycles. The van der Waals surface area contributed by atoms with Crippen molar-refractivity contribution in [2.24, 2.45) is 0 Å². The summed E-state index contributed by atoms with van der Waals surface area (Å²) in [7, 11) is 0. The first-order chi connectivity index (χ1) is 8.99. The monoisotopic (exact) mass is 262 g/mol. The fraction of sp³-hybridized carbons (Fsp3) is 0.250. The minimum atomic E-state index is -0.538. The van der Waals surface area contributed by atoms with Gasteiger partial charge in [0.05, 0.1) is 22.5 Å². The van der Waals surface area contributed by atoms with Gasteiger partial charge in [-0.15, -0.1) is 0 Å². The van der Waals surface area contributed by atoms with Gasteiger partial charge in [-0.3, -0.25) is 19.5 Å². The van der Waals surface area contributed by atoms with E-state index >= 15 is 0 Å². The largest absolute Gasteiger partial charge is 0.503 e. The molecule has 0 saturated heterocycles. The molecule has 2 heterocycles. The van der Waals surface area contributed by atoms with Crippen LogP contribution in [0.2, 0.25) is 0 Å². The lowest BCUT2D eigenvalue weighted by Crippen LogP contribution is -2.30. The number of rotatable bonds is 1. The quantitative estimate of drug-likeness (QED) is 0.621. The van der Waals surface area contributed by atoms with Crippen LogP contribution in [0, 0.1) is 10.1 Å². The van der Waals surface area contributed by atoms with Crippen LogP contribution in [0.15, 0.2) is 23.0 Å². The highest BCUT2D eigenvalue weighted by atomic mass is 16.6. The van der Waals surface area contributed by atoms with Crippen molar-refractivity contribution in [1.82, 2.24) is 4.57 Å². The van der Waals surface area contributed by atoms with Crippen LogP contribution in [0.25, 0.3) is 10.9 Å². The van der Waals surface area contributed by atoms with Crippen LogP contribution < -0.4 is 10.3 Å². The van der Waals surface area contributed by atoms with E-state index in [4.69, 9.17) is 4.74 Å². The van der Waals surface area contributed by atoms with Gasteiger partial charge in [0.2, 0.25) is 0 Å². The molecule has 1 aliphatic heterocycles. The molecule has 98 valence electrons. The molecule has 3 rings (SSSR count). The standard InChI is InChI=1S/C12H10N2O5/c1-6-5-19-10-4-8(14(17)18)2-7-3-9(15)12(16)13(6)11(7)10/h2-4,6,15H,5H2,1H3. The normalized spacial score (nSPS) is 17.2. The highest BCUT2D eigenvalue weighted by molar-refractivity contribution is 5.89. The van der Waals surface area contributed by atoms with Gasteiger partial charge in [0, 0.05) is 11.5 Å². The van der Waals surface area contributed by atoms with Gasteiger partial charge in [-0.2, -0.15) is 0 Å². The van der Waals surface area contributed by atoms with Crippen LogP contribution in [0.3, 0.4) is 0 Å². The summed E-state index contributed by atoms with van der Waals surface area (Å²) in [5, 5.41) is 20.9. The summed E-state index contributed by atoms with van der Waals surface area (Å²) in [4.78, 5) is 22.3. The molecule has 0 aliphatic carbocycles. The lowest BCUT2D eigenvalue weighted by atomic mass is 10.1. The SMILES string of the molecule is CC1COc2cc([N+](=O)[O-])cc3cc(O)c(=O)n1c23. The Bertz CT molecular complexity index is 765. The Labute approximate surface area is 106 Å². The third-order valence-corrected chi connectivity index (χ3v) is 3.19. The molecule has 19 heavy (non-hydrogen) atoms. The number of aromatic hydroxyl groups is 1. The van der Waals surface area contributed by atoms with Crippen molar-refractivity contribution in [3.63, 3.8) is 0 Å². The number of pyridine rings is 1. The van der Waals surface area contributed by atoms with Gasteiger partial charge in [0.15, 0.2) is 11.5 Å². The fourth-order valence-corrected chi connectivity index (χ4v) is 2.34. The summed E-state index contributed by atoms with van der Waals surface area (Å²) < 4.78 is 6.86. The minimum absolute atomic E-state index is 0.137. The van der Waals surface area contributed by atoms with Crippen molar-refractivity contribution in [2.75, 3.05) is 6.61 Å². The number of nitro groups is 1. The van der Waals surface area contributed by atoms with Gasteiger partial charge in [-0.05, 0) is 13.0 Å². The van der Waals surface area contributed by atoms with Crippen LogP contribution in [0.5, 0.6) is 11.5 Å². The van der Waals surface area contributed by atoms with E-state index in [1.54, 1.807) is 6.92 Å². The predicted octanol–water partition coefficient (Wildman–Crippen LogP) is 1.57. The van der Waals surface area contributed by atoms with Crippen molar-refractivity contribution in [3.8, 4) is 11.5 Å². The number of hydrogen-bond donors (Lipinski definition) is 1. The van der Waals surface area contributed by atoms with Gasteiger partial charge in [0.1, 0.15) is 6.61 Å². The maximum Gasteiger partial charge on any atom is 0.293 e. The zero-order valence-corrected chi connectivity index (χ0v) is 9.99. The molecule has 0 saturated carbocycles. The average molecular weight is 262 g/mol. The third-order valence-electron chi connectivity index (χ3n) is 3.19. The highest BCUT2D eigenvalue weighted by Crippen LogP contribution is 2.35. The Morgan fingerprint density at radius 3 is 2.89 bits per heavy atom. The fourth-order valence-electron chi connectivity index (χ4n) is 2.34. The Kier molecular flexibility index (Phi) is 2.25. The van der Waals surface area contributed by atoms with Gasteiger partial charge in [-0.25, -0.2) is 0 Å². The van der Waals surface area contributed by atoms with Gasteiger partial charge < -0.3 is 9.84 Å². The number of non-ortho nitro benzene ring substituents is 1. The minimum Gasteiger partial charge on any atom is -0.503 e. The van der Waals surface area contributed by atoms with Crippen molar-refractivity contribution < 1.29 is 14.8 Å². The summed E-state index contributed by atoms with van der Waals surface area (Å²) in [6.07, 6.45) is 0. The van der Waals surface area contributed by atoms with Crippen LogP contribution in [0.1, 0.15) is 13.0 Å². The molecule has 1 atom stereocenters. The summed E-state index contributed by atoms with van der Waals surface area (Å²) in [6, 6.07) is 3.60. The Hall–Kier alpha value is -2.57. The molecule has 0 amide bonds. The summed E-state index contributed by atoms with van der Waals surface area (Å²) in [6.45, 7) is 2.01. The van der Waals surface area contributed by atoms with E-state index in [9.17, 15) is 20.0 Å². The Balaban J connectivity index is 2.49. The zero-order chi connectivity index (χ0) is 13.7. The first kappa shape index (κ1) is 11.5. The molecule has 0 spiro atoms. The lowest BCUT2D eigenvalue weighted by molar-refractivity contribution is -0.384.